The van der Waals surface area contributed by atoms with Crippen molar-refractivity contribution in [3.05, 3.63) is 376 Å². The van der Waals surface area contributed by atoms with Gasteiger partial charge in [0.1, 0.15) is 22.6 Å². The highest BCUT2D eigenvalue weighted by molar-refractivity contribution is 6.25. The number of hydrogen-bond acceptors (Lipinski definition) is 5. The molecule has 7 heterocycles. The smallest absolute Gasteiger partial charge is 0.165 e. The Labute approximate surface area is 667 Å². The summed E-state index contributed by atoms with van der Waals surface area (Å²) in [7, 11) is 0. The van der Waals surface area contributed by atoms with Crippen LogP contribution in [-0.4, -0.2) is 38.2 Å². The van der Waals surface area contributed by atoms with E-state index in [9.17, 15) is 0 Å². The monoisotopic (exact) mass is 1490 g/mol. The Kier molecular flexibility index (Phi) is 13.3. The summed E-state index contributed by atoms with van der Waals surface area (Å²) in [6.07, 6.45) is 0. The molecule has 19 aromatic carbocycles. The summed E-state index contributed by atoms with van der Waals surface area (Å²) in [4.78, 5) is 21.8. The van der Waals surface area contributed by atoms with E-state index in [1.807, 2.05) is 36.4 Å². The van der Waals surface area contributed by atoms with Crippen molar-refractivity contribution in [2.75, 3.05) is 0 Å². The second kappa shape index (κ2) is 24.3. The summed E-state index contributed by atoms with van der Waals surface area (Å²) in [5.41, 5.74) is 25.3. The third-order valence-corrected chi connectivity index (χ3v) is 24.9. The van der Waals surface area contributed by atoms with E-state index in [4.69, 9.17) is 24.4 Å². The molecule has 117 heavy (non-hydrogen) atoms. The van der Waals surface area contributed by atoms with Gasteiger partial charge in [0, 0.05) is 76.4 Å². The van der Waals surface area contributed by atoms with Gasteiger partial charge in [-0.3, -0.25) is 9.13 Å². The Morgan fingerprint density at radius 2 is 0.598 bits per heavy atom. The summed E-state index contributed by atoms with van der Waals surface area (Å²) in [6, 6.07) is 135. The number of benzene rings is 19. The Morgan fingerprint density at radius 1 is 0.188 bits per heavy atom. The van der Waals surface area contributed by atoms with Gasteiger partial charge in [0.25, 0.3) is 0 Å². The molecule has 0 saturated heterocycles. The van der Waals surface area contributed by atoms with Crippen LogP contribution in [0.25, 0.3) is 253 Å². The first-order chi connectivity index (χ1) is 58.0. The summed E-state index contributed by atoms with van der Waals surface area (Å²) in [6.45, 7) is 0. The van der Waals surface area contributed by atoms with Gasteiger partial charge in [-0.15, -0.1) is 0 Å². The SMILES string of the molecule is c1ccc2c(c1)-c1cccc3c(-c4nc5ccccc5nc4-n4c5ccccc5c5cc6ccc(-n7c8ccccc8c8c9ccccc9ccc87)cc6cc54)ccc-2c13.c1ccc2c(c1)ccc1c2c2ccccc2n1-c1ccc2cc3c4ccccc4n(-c4nc5ccccc5nc4-c4ccc5c(c4)oc4ccccc45)c3cc2c1. The summed E-state index contributed by atoms with van der Waals surface area (Å²) < 4.78 is 15.9. The molecule has 0 radical (unpaired) electrons. The van der Waals surface area contributed by atoms with Crippen LogP contribution in [0, 0.1) is 0 Å². The average molecular weight is 1490 g/mol. The van der Waals surface area contributed by atoms with Gasteiger partial charge < -0.3 is 13.6 Å². The predicted molar refractivity (Wildman–Crippen MR) is 487 cm³/mol. The van der Waals surface area contributed by atoms with Crippen LogP contribution in [0.3, 0.4) is 0 Å². The van der Waals surface area contributed by atoms with Crippen molar-refractivity contribution < 1.29 is 4.42 Å². The van der Waals surface area contributed by atoms with Crippen LogP contribution < -0.4 is 0 Å². The Morgan fingerprint density at radius 3 is 1.16 bits per heavy atom. The molecular formula is C108H62N8O. The first-order valence-electron chi connectivity index (χ1n) is 39.9. The van der Waals surface area contributed by atoms with E-state index >= 15 is 0 Å². The van der Waals surface area contributed by atoms with E-state index in [0.717, 1.165) is 122 Å². The normalized spacial score (nSPS) is 12.3. The number of furan rings is 1. The van der Waals surface area contributed by atoms with E-state index in [-0.39, 0.29) is 0 Å². The maximum absolute atomic E-state index is 6.38. The second-order valence-electron chi connectivity index (χ2n) is 31.1. The Balaban J connectivity index is 0.000000128. The van der Waals surface area contributed by atoms with Gasteiger partial charge in [0.2, 0.25) is 0 Å². The first kappa shape index (κ1) is 63.8. The van der Waals surface area contributed by atoms with E-state index in [0.29, 0.717) is 0 Å². The molecule has 0 unspecified atom stereocenters. The molecule has 9 nitrogen and oxygen atoms in total. The third-order valence-electron chi connectivity index (χ3n) is 24.9. The van der Waals surface area contributed by atoms with Crippen molar-refractivity contribution in [2.24, 2.45) is 0 Å². The number of aromatic nitrogens is 8. The van der Waals surface area contributed by atoms with E-state index in [1.165, 1.54) is 131 Å². The lowest BCUT2D eigenvalue weighted by Crippen LogP contribution is -2.04. The van der Waals surface area contributed by atoms with Gasteiger partial charge >= 0.3 is 0 Å². The Hall–Kier alpha value is -15.8. The van der Waals surface area contributed by atoms with Gasteiger partial charge in [0.15, 0.2) is 11.6 Å². The van der Waals surface area contributed by atoms with Gasteiger partial charge in [-0.05, 0) is 204 Å². The minimum Gasteiger partial charge on any atom is -0.456 e. The lowest BCUT2D eigenvalue weighted by Gasteiger charge is -2.16. The van der Waals surface area contributed by atoms with Crippen molar-refractivity contribution >= 4 is 185 Å². The summed E-state index contributed by atoms with van der Waals surface area (Å²) in [5, 5.41) is 24.1. The number of hydrogen-bond donors (Lipinski definition) is 0. The number of fused-ring (bicyclic) bond motifs is 26. The lowest BCUT2D eigenvalue weighted by molar-refractivity contribution is 0.669. The molecule has 9 heteroatoms. The lowest BCUT2D eigenvalue weighted by atomic mass is 9.96. The molecule has 1 aliphatic carbocycles. The van der Waals surface area contributed by atoms with Crippen LogP contribution in [-0.2, 0) is 0 Å². The zero-order valence-electron chi connectivity index (χ0n) is 62.8. The zero-order chi connectivity index (χ0) is 76.2. The van der Waals surface area contributed by atoms with Crippen molar-refractivity contribution in [3.8, 4) is 67.8 Å². The predicted octanol–water partition coefficient (Wildman–Crippen LogP) is 28.3. The first-order valence-corrected chi connectivity index (χ1v) is 39.9. The van der Waals surface area contributed by atoms with Crippen molar-refractivity contribution in [1.29, 1.82) is 0 Å². The summed E-state index contributed by atoms with van der Waals surface area (Å²) in [5.74, 6) is 1.60. The van der Waals surface area contributed by atoms with Gasteiger partial charge in [0.05, 0.1) is 66.2 Å². The molecule has 0 fully saturated rings. The molecular weight excluding hydrogens is 1430 g/mol. The van der Waals surface area contributed by atoms with E-state index < -0.39 is 0 Å². The van der Waals surface area contributed by atoms with Gasteiger partial charge in [-0.25, -0.2) is 19.9 Å². The number of nitrogens with zero attached hydrogens (tertiary/aromatic N) is 8. The molecule has 0 amide bonds. The molecule has 540 valence electrons. The topological polar surface area (TPSA) is 84.4 Å². The standard InChI is InChI=1S/C56H32N4.C52H30N4O/c1-2-13-37-33(12-1)25-29-51-54(37)45-17-6-10-23-50(45)59(51)36-26-24-34-31-46-40-16-5-9-22-49(40)60(52(46)32-35(34)30-36)56-55(57-47-20-7-8-21-48(47)58-56)44-28-27-43-39-15-4-3-14-38(39)41-18-11-19-42(44)53(41)43;1-2-12-36-31(11-1)23-26-46-50(36)40-15-4-9-19-45(40)55(46)35-24-21-32-28-41-37-13-3-8-18-44(37)56(47(41)29-34(32)27-35)52-51(53-42-16-6-7-17-43(42)54-52)33-22-25-39-38-14-5-10-20-48(38)57-49(39)30-33/h1-32H;1-30H. The molecule has 27 rings (SSSR count). The van der Waals surface area contributed by atoms with Gasteiger partial charge in [-0.2, -0.15) is 0 Å². The van der Waals surface area contributed by atoms with Crippen LogP contribution in [0.5, 0.6) is 0 Å². The molecule has 0 atom stereocenters. The average Bonchev–Trinajstić information content (AvgIpc) is 1.57. The van der Waals surface area contributed by atoms with Crippen LogP contribution in [0.4, 0.5) is 0 Å². The van der Waals surface area contributed by atoms with Crippen LogP contribution in [0.2, 0.25) is 0 Å². The van der Waals surface area contributed by atoms with E-state index in [2.05, 4.69) is 358 Å². The fourth-order valence-electron chi connectivity index (χ4n) is 19.7. The maximum Gasteiger partial charge on any atom is 0.165 e. The number of para-hydroxylation sites is 9. The van der Waals surface area contributed by atoms with Crippen molar-refractivity contribution in [1.82, 2.24) is 38.2 Å². The van der Waals surface area contributed by atoms with Crippen LogP contribution >= 0.6 is 0 Å². The Bertz CT molecular complexity index is 8850. The second-order valence-corrected chi connectivity index (χ2v) is 31.1. The molecule has 0 aliphatic heterocycles. The molecule has 0 saturated carbocycles. The highest BCUT2D eigenvalue weighted by Gasteiger charge is 2.28. The molecule has 0 bridgehead atoms. The molecule has 7 aromatic heterocycles. The fourth-order valence-corrected chi connectivity index (χ4v) is 19.7. The summed E-state index contributed by atoms with van der Waals surface area (Å²) >= 11 is 0. The molecule has 0 spiro atoms. The van der Waals surface area contributed by atoms with Crippen LogP contribution in [0.1, 0.15) is 0 Å². The molecule has 26 aromatic rings. The number of rotatable bonds is 6. The fraction of sp³-hybridized carbons (Fsp3) is 0. The quantitative estimate of drug-likeness (QED) is 0.166. The largest absolute Gasteiger partial charge is 0.456 e. The van der Waals surface area contributed by atoms with Crippen LogP contribution in [0.15, 0.2) is 381 Å². The van der Waals surface area contributed by atoms with E-state index in [1.54, 1.807) is 0 Å². The maximum atomic E-state index is 6.38. The molecule has 1 aliphatic rings. The van der Waals surface area contributed by atoms with Crippen molar-refractivity contribution in [3.63, 3.8) is 0 Å². The van der Waals surface area contributed by atoms with Crippen molar-refractivity contribution in [2.45, 2.75) is 0 Å². The highest BCUT2D eigenvalue weighted by Crippen LogP contribution is 2.51. The zero-order valence-corrected chi connectivity index (χ0v) is 62.8. The third kappa shape index (κ3) is 9.30. The highest BCUT2D eigenvalue weighted by atomic mass is 16.3. The van der Waals surface area contributed by atoms with Gasteiger partial charge in [-0.1, -0.05) is 249 Å². The minimum absolute atomic E-state index is 0.778. The minimum atomic E-state index is 0.778. The molecule has 0 N–H and O–H groups in total.